The minimum Gasteiger partial charge on any atom is -0.299 e. The van der Waals surface area contributed by atoms with Gasteiger partial charge in [-0.05, 0) is 38.8 Å². The lowest BCUT2D eigenvalue weighted by molar-refractivity contribution is 0.344. The van der Waals surface area contributed by atoms with Crippen LogP contribution < -0.4 is 10.6 Å². The number of nitrogens with one attached hydrogen (secondary N) is 2. The molecule has 0 radical (unpaired) electrons. The first kappa shape index (κ1) is 5.69. The fourth-order valence-corrected chi connectivity index (χ4v) is 1.98. The molecule has 0 unspecified atom stereocenters. The van der Waals surface area contributed by atoms with Crippen LogP contribution in [0.3, 0.4) is 0 Å². The molecular formula is C7H14N2. The Hall–Kier alpha value is -0.0800. The van der Waals surface area contributed by atoms with E-state index in [4.69, 9.17) is 0 Å². The molecule has 2 saturated heterocycles. The topological polar surface area (TPSA) is 24.1 Å². The van der Waals surface area contributed by atoms with E-state index in [9.17, 15) is 0 Å². The summed E-state index contributed by atoms with van der Waals surface area (Å²) in [7, 11) is 0. The highest BCUT2D eigenvalue weighted by Crippen LogP contribution is 2.25. The van der Waals surface area contributed by atoms with E-state index in [1.807, 2.05) is 0 Å². The summed E-state index contributed by atoms with van der Waals surface area (Å²) in [6.45, 7) is 2.43. The Labute approximate surface area is 56.0 Å². The molecule has 2 aliphatic heterocycles. The highest BCUT2D eigenvalue weighted by molar-refractivity contribution is 4.94. The first-order chi connectivity index (χ1) is 4.41. The molecule has 2 aliphatic rings. The molecular weight excluding hydrogens is 112 g/mol. The molecule has 0 aromatic rings. The first-order valence-corrected chi connectivity index (χ1v) is 3.91. The average Bonchev–Trinajstić information content (AvgIpc) is 2.45. The maximum Gasteiger partial charge on any atom is 0.0688 e. The summed E-state index contributed by atoms with van der Waals surface area (Å²) in [6, 6.07) is 0. The zero-order valence-corrected chi connectivity index (χ0v) is 5.74. The Morgan fingerprint density at radius 3 is 1.78 bits per heavy atom. The van der Waals surface area contributed by atoms with Gasteiger partial charge in [0.25, 0.3) is 0 Å². The van der Waals surface area contributed by atoms with Crippen LogP contribution in [0, 0.1) is 0 Å². The molecule has 2 fully saturated rings. The fraction of sp³-hybridized carbons (Fsp3) is 1.00. The standard InChI is InChI=1S/C7H14N2/c1-3-7(8-5-1)4-2-6-9-7/h8-9H,1-6H2. The van der Waals surface area contributed by atoms with Gasteiger partial charge in [-0.2, -0.15) is 0 Å². The lowest BCUT2D eigenvalue weighted by Gasteiger charge is -2.23. The Morgan fingerprint density at radius 2 is 1.44 bits per heavy atom. The summed E-state index contributed by atoms with van der Waals surface area (Å²) < 4.78 is 0. The molecule has 2 N–H and O–H groups in total. The van der Waals surface area contributed by atoms with E-state index in [-0.39, 0.29) is 0 Å². The normalized spacial score (nSPS) is 32.0. The van der Waals surface area contributed by atoms with Crippen LogP contribution in [-0.4, -0.2) is 18.8 Å². The van der Waals surface area contributed by atoms with Crippen molar-refractivity contribution < 1.29 is 0 Å². The molecule has 0 bridgehead atoms. The summed E-state index contributed by atoms with van der Waals surface area (Å²) in [6.07, 6.45) is 5.39. The van der Waals surface area contributed by atoms with Gasteiger partial charge in [0.2, 0.25) is 0 Å². The van der Waals surface area contributed by atoms with Gasteiger partial charge in [0.05, 0.1) is 5.66 Å². The summed E-state index contributed by atoms with van der Waals surface area (Å²) in [4.78, 5) is 0. The third-order valence-electron chi connectivity index (χ3n) is 2.49. The molecule has 2 nitrogen and oxygen atoms in total. The second kappa shape index (κ2) is 1.96. The van der Waals surface area contributed by atoms with Gasteiger partial charge in [-0.1, -0.05) is 0 Å². The molecule has 2 heterocycles. The van der Waals surface area contributed by atoms with Crippen LogP contribution in [-0.2, 0) is 0 Å². The van der Waals surface area contributed by atoms with Crippen molar-refractivity contribution in [1.82, 2.24) is 10.6 Å². The average molecular weight is 126 g/mol. The monoisotopic (exact) mass is 126 g/mol. The lowest BCUT2D eigenvalue weighted by atomic mass is 10.1. The minimum atomic E-state index is 0.389. The van der Waals surface area contributed by atoms with Crippen LogP contribution in [0.2, 0.25) is 0 Å². The first-order valence-electron chi connectivity index (χ1n) is 3.91. The van der Waals surface area contributed by atoms with Crippen LogP contribution >= 0.6 is 0 Å². The molecule has 0 aromatic carbocycles. The van der Waals surface area contributed by atoms with E-state index in [0.717, 1.165) is 0 Å². The zero-order valence-electron chi connectivity index (χ0n) is 5.74. The van der Waals surface area contributed by atoms with Crippen molar-refractivity contribution in [1.29, 1.82) is 0 Å². The maximum atomic E-state index is 3.52. The summed E-state index contributed by atoms with van der Waals surface area (Å²) >= 11 is 0. The van der Waals surface area contributed by atoms with E-state index >= 15 is 0 Å². The van der Waals surface area contributed by atoms with Crippen LogP contribution in [0.1, 0.15) is 25.7 Å². The van der Waals surface area contributed by atoms with Crippen molar-refractivity contribution in [3.05, 3.63) is 0 Å². The second-order valence-electron chi connectivity index (χ2n) is 3.14. The second-order valence-corrected chi connectivity index (χ2v) is 3.14. The Bertz CT molecular complexity index is 82.0. The van der Waals surface area contributed by atoms with Crippen molar-refractivity contribution in [3.8, 4) is 0 Å². The van der Waals surface area contributed by atoms with Gasteiger partial charge < -0.3 is 0 Å². The largest absolute Gasteiger partial charge is 0.299 e. The number of hydrogen-bond donors (Lipinski definition) is 2. The van der Waals surface area contributed by atoms with Crippen LogP contribution in [0.4, 0.5) is 0 Å². The molecule has 0 aromatic heterocycles. The third kappa shape index (κ3) is 0.864. The molecule has 0 atom stereocenters. The van der Waals surface area contributed by atoms with E-state index in [2.05, 4.69) is 10.6 Å². The molecule has 1 spiro atoms. The molecule has 0 amide bonds. The van der Waals surface area contributed by atoms with Crippen molar-refractivity contribution in [3.63, 3.8) is 0 Å². The van der Waals surface area contributed by atoms with E-state index in [1.54, 1.807) is 0 Å². The Morgan fingerprint density at radius 1 is 0.889 bits per heavy atom. The highest BCUT2D eigenvalue weighted by atomic mass is 15.2. The highest BCUT2D eigenvalue weighted by Gasteiger charge is 2.35. The van der Waals surface area contributed by atoms with Gasteiger partial charge in [0, 0.05) is 0 Å². The van der Waals surface area contributed by atoms with Gasteiger partial charge in [-0.3, -0.25) is 10.6 Å². The van der Waals surface area contributed by atoms with Gasteiger partial charge >= 0.3 is 0 Å². The summed E-state index contributed by atoms with van der Waals surface area (Å²) in [5.41, 5.74) is 0.389. The van der Waals surface area contributed by atoms with E-state index in [1.165, 1.54) is 38.8 Å². The number of hydrogen-bond acceptors (Lipinski definition) is 2. The molecule has 52 valence electrons. The zero-order chi connectivity index (χ0) is 6.16. The predicted octanol–water partition coefficient (Wildman–Crippen LogP) is 0.450. The lowest BCUT2D eigenvalue weighted by Crippen LogP contribution is -2.48. The smallest absolute Gasteiger partial charge is 0.0688 e. The minimum absolute atomic E-state index is 0.389. The molecule has 0 saturated carbocycles. The van der Waals surface area contributed by atoms with Crippen molar-refractivity contribution in [2.24, 2.45) is 0 Å². The third-order valence-corrected chi connectivity index (χ3v) is 2.49. The number of rotatable bonds is 0. The quantitative estimate of drug-likeness (QED) is 0.492. The SMILES string of the molecule is C1CNC2(C1)CCCN2. The molecule has 2 heteroatoms. The Balaban J connectivity index is 2.04. The van der Waals surface area contributed by atoms with E-state index in [0.29, 0.717) is 5.66 Å². The van der Waals surface area contributed by atoms with Crippen molar-refractivity contribution in [2.45, 2.75) is 31.3 Å². The molecule has 9 heavy (non-hydrogen) atoms. The van der Waals surface area contributed by atoms with Crippen LogP contribution in [0.25, 0.3) is 0 Å². The summed E-state index contributed by atoms with van der Waals surface area (Å²) in [5.74, 6) is 0. The van der Waals surface area contributed by atoms with Gasteiger partial charge in [0.1, 0.15) is 0 Å². The van der Waals surface area contributed by atoms with Crippen LogP contribution in [0.15, 0.2) is 0 Å². The predicted molar refractivity (Wildman–Crippen MR) is 37.2 cm³/mol. The fourth-order valence-electron chi connectivity index (χ4n) is 1.98. The van der Waals surface area contributed by atoms with E-state index < -0.39 is 0 Å². The van der Waals surface area contributed by atoms with Gasteiger partial charge in [-0.25, -0.2) is 0 Å². The van der Waals surface area contributed by atoms with Crippen molar-refractivity contribution in [2.75, 3.05) is 13.1 Å². The Kier molecular flexibility index (Phi) is 1.24. The van der Waals surface area contributed by atoms with Gasteiger partial charge in [0.15, 0.2) is 0 Å². The molecule has 2 rings (SSSR count). The maximum absolute atomic E-state index is 3.52. The summed E-state index contributed by atoms with van der Waals surface area (Å²) in [5, 5.41) is 7.04. The van der Waals surface area contributed by atoms with Crippen LogP contribution in [0.5, 0.6) is 0 Å². The van der Waals surface area contributed by atoms with Crippen molar-refractivity contribution >= 4 is 0 Å². The van der Waals surface area contributed by atoms with Gasteiger partial charge in [-0.15, -0.1) is 0 Å². The molecule has 0 aliphatic carbocycles.